The lowest BCUT2D eigenvalue weighted by Gasteiger charge is -2.27. The molecule has 1 aliphatic rings. The van der Waals surface area contributed by atoms with Crippen molar-refractivity contribution < 1.29 is 9.53 Å². The monoisotopic (exact) mass is 352 g/mol. The minimum absolute atomic E-state index is 0.0448. The van der Waals surface area contributed by atoms with Gasteiger partial charge in [0.05, 0.1) is 12.0 Å². The summed E-state index contributed by atoms with van der Waals surface area (Å²) >= 11 is 0. The molecule has 0 heterocycles. The van der Waals surface area contributed by atoms with Crippen LogP contribution in [0.1, 0.15) is 36.3 Å². The molecule has 26 heavy (non-hydrogen) atoms. The smallest absolute Gasteiger partial charge is 0.229 e. The number of hydrogen-bond acceptors (Lipinski definition) is 3. The number of nitrogens with zero attached hydrogens (tertiary/aromatic N) is 1. The van der Waals surface area contributed by atoms with Gasteiger partial charge >= 0.3 is 0 Å². The number of nitrogens with one attached hydrogen (secondary N) is 1. The van der Waals surface area contributed by atoms with Gasteiger partial charge in [-0.2, -0.15) is 0 Å². The van der Waals surface area contributed by atoms with Gasteiger partial charge in [-0.3, -0.25) is 4.79 Å². The number of carbonyl (C=O) groups excluding carboxylic acids is 1. The van der Waals surface area contributed by atoms with E-state index >= 15 is 0 Å². The third kappa shape index (κ3) is 4.85. The lowest BCUT2D eigenvalue weighted by Crippen LogP contribution is -2.35. The van der Waals surface area contributed by atoms with Crippen molar-refractivity contribution in [2.45, 2.75) is 37.8 Å². The SMILES string of the molecule is CN(C)CC(C(=O)NCc1ccccc1OC1CCC1)c1ccccc1. The number of ether oxygens (including phenoxy) is 1. The van der Waals surface area contributed by atoms with Crippen LogP contribution in [0.2, 0.25) is 0 Å². The first-order chi connectivity index (χ1) is 12.6. The average Bonchev–Trinajstić information content (AvgIpc) is 2.62. The largest absolute Gasteiger partial charge is 0.490 e. The Labute approximate surface area is 156 Å². The fourth-order valence-corrected chi connectivity index (χ4v) is 3.13. The quantitative estimate of drug-likeness (QED) is 0.789. The van der Waals surface area contributed by atoms with E-state index in [1.54, 1.807) is 0 Å². The van der Waals surface area contributed by atoms with Gasteiger partial charge in [-0.15, -0.1) is 0 Å². The molecule has 1 saturated carbocycles. The molecular formula is C22H28N2O2. The summed E-state index contributed by atoms with van der Waals surface area (Å²) in [7, 11) is 3.98. The van der Waals surface area contributed by atoms with Gasteiger partial charge in [0.1, 0.15) is 5.75 Å². The molecule has 0 saturated heterocycles. The molecule has 0 aliphatic heterocycles. The second-order valence-electron chi connectivity index (χ2n) is 7.22. The highest BCUT2D eigenvalue weighted by molar-refractivity contribution is 5.84. The van der Waals surface area contributed by atoms with Crippen molar-refractivity contribution in [3.63, 3.8) is 0 Å². The third-order valence-electron chi connectivity index (χ3n) is 4.84. The predicted molar refractivity (Wildman–Crippen MR) is 104 cm³/mol. The Morgan fingerprint density at radius 1 is 1.12 bits per heavy atom. The number of para-hydroxylation sites is 1. The number of carbonyl (C=O) groups is 1. The Balaban J connectivity index is 1.66. The molecule has 0 spiro atoms. The van der Waals surface area contributed by atoms with Gasteiger partial charge in [0, 0.05) is 18.7 Å². The Bertz CT molecular complexity index is 711. The van der Waals surface area contributed by atoms with Crippen LogP contribution >= 0.6 is 0 Å². The fourth-order valence-electron chi connectivity index (χ4n) is 3.13. The zero-order chi connectivity index (χ0) is 18.4. The minimum Gasteiger partial charge on any atom is -0.490 e. The molecule has 2 aromatic rings. The number of amides is 1. The summed E-state index contributed by atoms with van der Waals surface area (Å²) in [6, 6.07) is 18.0. The molecule has 138 valence electrons. The van der Waals surface area contributed by atoms with E-state index in [9.17, 15) is 4.79 Å². The summed E-state index contributed by atoms with van der Waals surface area (Å²) in [5, 5.41) is 3.11. The first-order valence-corrected chi connectivity index (χ1v) is 9.35. The van der Waals surface area contributed by atoms with Gasteiger partial charge < -0.3 is 15.0 Å². The maximum absolute atomic E-state index is 12.9. The molecule has 1 fully saturated rings. The molecule has 0 bridgehead atoms. The Hall–Kier alpha value is -2.33. The van der Waals surface area contributed by atoms with Crippen molar-refractivity contribution in [1.29, 1.82) is 0 Å². The zero-order valence-electron chi connectivity index (χ0n) is 15.7. The lowest BCUT2D eigenvalue weighted by atomic mass is 9.96. The molecule has 4 nitrogen and oxygen atoms in total. The second-order valence-corrected chi connectivity index (χ2v) is 7.22. The summed E-state index contributed by atoms with van der Waals surface area (Å²) in [4.78, 5) is 14.9. The molecule has 0 aromatic heterocycles. The van der Waals surface area contributed by atoms with Crippen molar-refractivity contribution in [2.75, 3.05) is 20.6 Å². The Morgan fingerprint density at radius 2 is 1.81 bits per heavy atom. The Morgan fingerprint density at radius 3 is 2.46 bits per heavy atom. The van der Waals surface area contributed by atoms with Crippen LogP contribution in [0.25, 0.3) is 0 Å². The first-order valence-electron chi connectivity index (χ1n) is 9.35. The van der Waals surface area contributed by atoms with Crippen LogP contribution in [-0.4, -0.2) is 37.6 Å². The second kappa shape index (κ2) is 8.86. The maximum atomic E-state index is 12.9. The van der Waals surface area contributed by atoms with Gasteiger partial charge in [-0.25, -0.2) is 0 Å². The molecule has 1 unspecified atom stereocenters. The van der Waals surface area contributed by atoms with Gasteiger partial charge in [0.25, 0.3) is 0 Å². The summed E-state index contributed by atoms with van der Waals surface area (Å²) < 4.78 is 6.06. The van der Waals surface area contributed by atoms with Gasteiger partial charge in [0.15, 0.2) is 0 Å². The number of benzene rings is 2. The van der Waals surface area contributed by atoms with E-state index in [1.165, 1.54) is 6.42 Å². The van der Waals surface area contributed by atoms with Crippen molar-refractivity contribution >= 4 is 5.91 Å². The fraction of sp³-hybridized carbons (Fsp3) is 0.409. The van der Waals surface area contributed by atoms with E-state index in [-0.39, 0.29) is 11.8 Å². The summed E-state index contributed by atoms with van der Waals surface area (Å²) in [5.41, 5.74) is 2.07. The average molecular weight is 352 g/mol. The van der Waals surface area contributed by atoms with Crippen LogP contribution in [0.3, 0.4) is 0 Å². The van der Waals surface area contributed by atoms with Crippen molar-refractivity contribution in [3.05, 3.63) is 65.7 Å². The normalized spacial score (nSPS) is 15.3. The molecule has 4 heteroatoms. The van der Waals surface area contributed by atoms with Crippen molar-refractivity contribution in [1.82, 2.24) is 10.2 Å². The van der Waals surface area contributed by atoms with E-state index in [1.807, 2.05) is 73.6 Å². The Kier molecular flexibility index (Phi) is 6.29. The summed E-state index contributed by atoms with van der Waals surface area (Å²) in [6.07, 6.45) is 3.82. The van der Waals surface area contributed by atoms with Crippen LogP contribution in [0.15, 0.2) is 54.6 Å². The molecule has 1 aliphatic carbocycles. The molecule has 1 amide bonds. The topological polar surface area (TPSA) is 41.6 Å². The van der Waals surface area contributed by atoms with Crippen LogP contribution in [0, 0.1) is 0 Å². The van der Waals surface area contributed by atoms with Crippen LogP contribution < -0.4 is 10.1 Å². The van der Waals surface area contributed by atoms with Crippen molar-refractivity contribution in [3.8, 4) is 5.75 Å². The van der Waals surface area contributed by atoms with E-state index in [2.05, 4.69) is 5.32 Å². The highest BCUT2D eigenvalue weighted by atomic mass is 16.5. The molecule has 1 N–H and O–H groups in total. The maximum Gasteiger partial charge on any atom is 0.229 e. The van der Waals surface area contributed by atoms with Gasteiger partial charge in [0.2, 0.25) is 5.91 Å². The van der Waals surface area contributed by atoms with Gasteiger partial charge in [-0.05, 0) is 45.0 Å². The molecule has 3 rings (SSSR count). The first kappa shape index (κ1) is 18.5. The van der Waals surface area contributed by atoms with E-state index in [4.69, 9.17) is 4.74 Å². The van der Waals surface area contributed by atoms with Crippen LogP contribution in [0.4, 0.5) is 0 Å². The number of hydrogen-bond donors (Lipinski definition) is 1. The summed E-state index contributed by atoms with van der Waals surface area (Å²) in [6.45, 7) is 1.16. The molecule has 2 aromatic carbocycles. The molecular weight excluding hydrogens is 324 g/mol. The highest BCUT2D eigenvalue weighted by Crippen LogP contribution is 2.27. The van der Waals surface area contributed by atoms with Gasteiger partial charge in [-0.1, -0.05) is 48.5 Å². The highest BCUT2D eigenvalue weighted by Gasteiger charge is 2.23. The van der Waals surface area contributed by atoms with E-state index in [0.717, 1.165) is 29.7 Å². The van der Waals surface area contributed by atoms with E-state index < -0.39 is 0 Å². The van der Waals surface area contributed by atoms with Crippen molar-refractivity contribution in [2.24, 2.45) is 0 Å². The van der Waals surface area contributed by atoms with Crippen LogP contribution in [-0.2, 0) is 11.3 Å². The van der Waals surface area contributed by atoms with Crippen LogP contribution in [0.5, 0.6) is 5.75 Å². The lowest BCUT2D eigenvalue weighted by molar-refractivity contribution is -0.123. The molecule has 0 radical (unpaired) electrons. The molecule has 1 atom stereocenters. The number of rotatable bonds is 8. The standard InChI is InChI=1S/C22H28N2O2/c1-24(2)16-20(17-9-4-3-5-10-17)22(25)23-15-18-11-6-7-14-21(18)26-19-12-8-13-19/h3-7,9-11,14,19-20H,8,12-13,15-16H2,1-2H3,(H,23,25). The summed E-state index contributed by atoms with van der Waals surface area (Å²) in [5.74, 6) is 0.746. The minimum atomic E-state index is -0.189. The zero-order valence-corrected chi connectivity index (χ0v) is 15.7. The third-order valence-corrected chi connectivity index (χ3v) is 4.84. The van der Waals surface area contributed by atoms with E-state index in [0.29, 0.717) is 19.2 Å². The number of likely N-dealkylation sites (N-methyl/N-ethyl adjacent to an activating group) is 1. The predicted octanol–water partition coefficient (Wildman–Crippen LogP) is 3.58.